The van der Waals surface area contributed by atoms with Crippen LogP contribution in [0.2, 0.25) is 0 Å². The Morgan fingerprint density at radius 3 is 2.79 bits per heavy atom. The molecule has 0 aliphatic heterocycles. The first-order valence-corrected chi connectivity index (χ1v) is 10.3. The first-order chi connectivity index (χ1) is 13.7. The Morgan fingerprint density at radius 2 is 2.00 bits per heavy atom. The predicted molar refractivity (Wildman–Crippen MR) is 112 cm³/mol. The van der Waals surface area contributed by atoms with Crippen molar-refractivity contribution < 1.29 is 14.9 Å². The zero-order chi connectivity index (χ0) is 19.3. The summed E-state index contributed by atoms with van der Waals surface area (Å²) in [4.78, 5) is 4.78. The molecule has 0 spiro atoms. The lowest BCUT2D eigenvalue weighted by Crippen LogP contribution is -2.32. The van der Waals surface area contributed by atoms with Crippen LogP contribution in [0.15, 0.2) is 47.6 Å². The summed E-state index contributed by atoms with van der Waals surface area (Å²) in [5.74, 6) is 0.591. The fraction of sp³-hybridized carbons (Fsp3) is 0.333. The Kier molecular flexibility index (Phi) is 5.73. The lowest BCUT2D eigenvalue weighted by atomic mass is 9.95. The van der Waals surface area contributed by atoms with Crippen LogP contribution >= 0.6 is 11.3 Å². The van der Waals surface area contributed by atoms with Crippen LogP contribution in [0.4, 0.5) is 5.13 Å². The van der Waals surface area contributed by atoms with Gasteiger partial charge in [-0.05, 0) is 43.2 Å². The summed E-state index contributed by atoms with van der Waals surface area (Å²) < 4.78 is 6.24. The molecular formula is C21H23N3O3S. The van der Waals surface area contributed by atoms with Crippen molar-refractivity contribution >= 4 is 32.9 Å². The summed E-state index contributed by atoms with van der Waals surface area (Å²) in [6, 6.07) is 13.2. The van der Waals surface area contributed by atoms with Gasteiger partial charge in [-0.1, -0.05) is 42.7 Å². The van der Waals surface area contributed by atoms with Gasteiger partial charge in [-0.2, -0.15) is 5.10 Å². The topological polar surface area (TPSA) is 78.2 Å². The fourth-order valence-corrected chi connectivity index (χ4v) is 4.50. The van der Waals surface area contributed by atoms with E-state index in [0.29, 0.717) is 17.4 Å². The van der Waals surface area contributed by atoms with Crippen molar-refractivity contribution in [3.63, 3.8) is 0 Å². The Hall–Kier alpha value is -2.64. The Bertz CT molecular complexity index is 933. The average Bonchev–Trinajstić information content (AvgIpc) is 3.15. The van der Waals surface area contributed by atoms with Crippen LogP contribution in [-0.2, 0) is 0 Å². The number of aliphatic hydroxyl groups is 1. The van der Waals surface area contributed by atoms with Crippen molar-refractivity contribution in [1.82, 2.24) is 4.98 Å². The molecule has 3 aromatic rings. The number of anilines is 1. The minimum Gasteiger partial charge on any atom is -0.507 e. The number of benzene rings is 2. The maximum absolute atomic E-state index is 10.2. The van der Waals surface area contributed by atoms with Gasteiger partial charge in [0.05, 0.1) is 22.5 Å². The second-order valence-corrected chi connectivity index (χ2v) is 7.85. The van der Waals surface area contributed by atoms with Gasteiger partial charge in [0.2, 0.25) is 5.13 Å². The number of nitrogens with zero attached hydrogens (tertiary/aromatic N) is 3. The maximum atomic E-state index is 10.2. The van der Waals surface area contributed by atoms with E-state index in [2.05, 4.69) is 6.07 Å². The molecule has 1 fully saturated rings. The van der Waals surface area contributed by atoms with Crippen LogP contribution in [-0.4, -0.2) is 34.2 Å². The second kappa shape index (κ2) is 8.58. The van der Waals surface area contributed by atoms with Crippen molar-refractivity contribution in [2.45, 2.75) is 38.1 Å². The SMILES string of the molecule is OCOc1ccc(O)c(/C=N/N(c2nc3ccccc3s2)C2CCCCC2)c1. The number of aromatic nitrogens is 1. The van der Waals surface area contributed by atoms with Crippen molar-refractivity contribution in [3.05, 3.63) is 48.0 Å². The molecule has 1 saturated carbocycles. The van der Waals surface area contributed by atoms with E-state index in [1.807, 2.05) is 23.2 Å². The highest BCUT2D eigenvalue weighted by molar-refractivity contribution is 7.22. The smallest absolute Gasteiger partial charge is 0.207 e. The summed E-state index contributed by atoms with van der Waals surface area (Å²) in [5.41, 5.74) is 1.51. The normalized spacial score (nSPS) is 15.3. The third kappa shape index (κ3) is 4.10. The zero-order valence-corrected chi connectivity index (χ0v) is 16.3. The Labute approximate surface area is 167 Å². The number of aliphatic hydroxyl groups excluding tert-OH is 1. The number of hydrazone groups is 1. The molecule has 4 rings (SSSR count). The van der Waals surface area contributed by atoms with Gasteiger partial charge in [0.25, 0.3) is 0 Å². The predicted octanol–water partition coefficient (Wildman–Crippen LogP) is 4.50. The molecule has 0 atom stereocenters. The third-order valence-corrected chi connectivity index (χ3v) is 5.98. The van der Waals surface area contributed by atoms with Crippen molar-refractivity contribution in [2.75, 3.05) is 11.8 Å². The Balaban J connectivity index is 1.67. The van der Waals surface area contributed by atoms with Gasteiger partial charge in [-0.15, -0.1) is 0 Å². The second-order valence-electron chi connectivity index (χ2n) is 6.84. The molecule has 28 heavy (non-hydrogen) atoms. The van der Waals surface area contributed by atoms with Gasteiger partial charge in [-0.25, -0.2) is 9.99 Å². The number of hydrogen-bond acceptors (Lipinski definition) is 7. The molecule has 1 heterocycles. The molecule has 6 nitrogen and oxygen atoms in total. The molecule has 0 saturated heterocycles. The number of phenolic OH excluding ortho intramolecular Hbond substituents is 1. The van der Waals surface area contributed by atoms with E-state index in [-0.39, 0.29) is 5.75 Å². The summed E-state index contributed by atoms with van der Waals surface area (Å²) in [7, 11) is 0. The lowest BCUT2D eigenvalue weighted by molar-refractivity contribution is 0.0985. The first-order valence-electron chi connectivity index (χ1n) is 9.50. The molecule has 2 aromatic carbocycles. The zero-order valence-electron chi connectivity index (χ0n) is 15.5. The summed E-state index contributed by atoms with van der Waals surface area (Å²) in [6.45, 7) is -0.415. The van der Waals surface area contributed by atoms with E-state index in [9.17, 15) is 5.11 Å². The van der Waals surface area contributed by atoms with Crippen molar-refractivity contribution in [2.24, 2.45) is 5.10 Å². The number of aromatic hydroxyl groups is 1. The molecule has 0 bridgehead atoms. The van der Waals surface area contributed by atoms with E-state index in [1.165, 1.54) is 25.3 Å². The number of hydrogen-bond donors (Lipinski definition) is 2. The quantitative estimate of drug-likeness (QED) is 0.364. The number of thiazole rings is 1. The van der Waals surface area contributed by atoms with Gasteiger partial charge in [-0.3, -0.25) is 0 Å². The molecule has 0 radical (unpaired) electrons. The number of ether oxygens (including phenoxy) is 1. The van der Waals surface area contributed by atoms with E-state index < -0.39 is 6.79 Å². The van der Waals surface area contributed by atoms with Crippen molar-refractivity contribution in [3.8, 4) is 11.5 Å². The standard InChI is InChI=1S/C21H23N3O3S/c25-14-27-17-10-11-19(26)15(12-17)13-22-24(16-6-2-1-3-7-16)21-23-18-8-4-5-9-20(18)28-21/h4-5,8-13,16,25-26H,1-3,6-7,14H2/b22-13+. The van der Waals surface area contributed by atoms with Gasteiger partial charge in [0.1, 0.15) is 11.5 Å². The lowest BCUT2D eigenvalue weighted by Gasteiger charge is -2.30. The summed E-state index contributed by atoms with van der Waals surface area (Å²) in [6.07, 6.45) is 7.43. The minimum atomic E-state index is -0.415. The van der Waals surface area contributed by atoms with Gasteiger partial charge in [0, 0.05) is 5.56 Å². The molecule has 1 aliphatic carbocycles. The van der Waals surface area contributed by atoms with E-state index in [4.69, 9.17) is 19.9 Å². The molecule has 7 heteroatoms. The Morgan fingerprint density at radius 1 is 1.18 bits per heavy atom. The number of phenols is 1. The fourth-order valence-electron chi connectivity index (χ4n) is 3.51. The van der Waals surface area contributed by atoms with Crippen LogP contribution < -0.4 is 9.75 Å². The molecule has 1 aliphatic rings. The maximum Gasteiger partial charge on any atom is 0.207 e. The van der Waals surface area contributed by atoms with Crippen LogP contribution in [0.25, 0.3) is 10.2 Å². The van der Waals surface area contributed by atoms with Gasteiger partial charge >= 0.3 is 0 Å². The van der Waals surface area contributed by atoms with Crippen LogP contribution in [0, 0.1) is 0 Å². The van der Waals surface area contributed by atoms with E-state index in [1.54, 1.807) is 29.7 Å². The number of para-hydroxylation sites is 1. The van der Waals surface area contributed by atoms with Gasteiger partial charge < -0.3 is 14.9 Å². The molecule has 0 unspecified atom stereocenters. The number of fused-ring (bicyclic) bond motifs is 1. The highest BCUT2D eigenvalue weighted by Crippen LogP contribution is 2.34. The highest BCUT2D eigenvalue weighted by atomic mass is 32.1. The van der Waals surface area contributed by atoms with E-state index >= 15 is 0 Å². The first kappa shape index (κ1) is 18.7. The van der Waals surface area contributed by atoms with Gasteiger partial charge in [0.15, 0.2) is 6.79 Å². The molecule has 0 amide bonds. The van der Waals surface area contributed by atoms with Crippen LogP contribution in [0.1, 0.15) is 37.7 Å². The van der Waals surface area contributed by atoms with Crippen LogP contribution in [0.3, 0.4) is 0 Å². The van der Waals surface area contributed by atoms with Crippen molar-refractivity contribution in [1.29, 1.82) is 0 Å². The minimum absolute atomic E-state index is 0.113. The monoisotopic (exact) mass is 397 g/mol. The molecular weight excluding hydrogens is 374 g/mol. The van der Waals surface area contributed by atoms with E-state index in [0.717, 1.165) is 28.2 Å². The molecule has 146 valence electrons. The third-order valence-electron chi connectivity index (χ3n) is 4.95. The van der Waals surface area contributed by atoms with Crippen LogP contribution in [0.5, 0.6) is 11.5 Å². The summed E-state index contributed by atoms with van der Waals surface area (Å²) >= 11 is 1.63. The highest BCUT2D eigenvalue weighted by Gasteiger charge is 2.24. The summed E-state index contributed by atoms with van der Waals surface area (Å²) in [5, 5.41) is 26.7. The number of rotatable bonds is 6. The average molecular weight is 398 g/mol. The molecule has 2 N–H and O–H groups in total. The molecule has 1 aromatic heterocycles. The largest absolute Gasteiger partial charge is 0.507 e.